The van der Waals surface area contributed by atoms with E-state index >= 15 is 0 Å². The quantitative estimate of drug-likeness (QED) is 0.708. The zero-order valence-corrected chi connectivity index (χ0v) is 18.8. The largest absolute Gasteiger partial charge is 0.317 e. The van der Waals surface area contributed by atoms with Crippen molar-refractivity contribution in [2.75, 3.05) is 44.1 Å². The fraction of sp³-hybridized carbons (Fsp3) is 0.565. The molecule has 0 aliphatic carbocycles. The molecule has 0 radical (unpaired) electrons. The number of hydrogen-bond acceptors (Lipinski definition) is 3. The van der Waals surface area contributed by atoms with Crippen molar-refractivity contribution in [2.24, 2.45) is 0 Å². The van der Waals surface area contributed by atoms with Crippen molar-refractivity contribution in [1.29, 1.82) is 0 Å². The summed E-state index contributed by atoms with van der Waals surface area (Å²) in [5, 5.41) is 2.10. The van der Waals surface area contributed by atoms with Crippen molar-refractivity contribution in [3.8, 4) is 0 Å². The topological polar surface area (TPSA) is 40.6 Å². The Labute approximate surface area is 174 Å². The Morgan fingerprint density at radius 3 is 2.55 bits per heavy atom. The summed E-state index contributed by atoms with van der Waals surface area (Å²) >= 11 is 0. The third-order valence-electron chi connectivity index (χ3n) is 7.71. The fourth-order valence-electron chi connectivity index (χ4n) is 5.53. The number of sulfonamides is 1. The summed E-state index contributed by atoms with van der Waals surface area (Å²) in [6.45, 7) is 12.8. The third-order valence-corrected chi connectivity index (χ3v) is 9.76. The lowest BCUT2D eigenvalue weighted by atomic mass is 9.90. The van der Waals surface area contributed by atoms with Crippen molar-refractivity contribution in [1.82, 2.24) is 4.90 Å². The van der Waals surface area contributed by atoms with Gasteiger partial charge in [-0.05, 0) is 50.4 Å². The number of nitrogens with zero attached hydrogens (tertiary/aromatic N) is 3. The van der Waals surface area contributed by atoms with E-state index < -0.39 is 15.6 Å². The van der Waals surface area contributed by atoms with E-state index in [1.807, 2.05) is 32.0 Å². The van der Waals surface area contributed by atoms with Gasteiger partial charge in [-0.2, -0.15) is 0 Å². The molecule has 5 nitrogen and oxygen atoms in total. The molecule has 1 spiro atoms. The minimum Gasteiger partial charge on any atom is -0.317 e. The molecule has 0 N–H and O–H groups in total. The molecule has 156 valence electrons. The summed E-state index contributed by atoms with van der Waals surface area (Å²) in [4.78, 5) is 2.93. The average Bonchev–Trinajstić information content (AvgIpc) is 2.92. The van der Waals surface area contributed by atoms with Crippen LogP contribution < -0.4 is 4.31 Å². The molecule has 2 aromatic carbocycles. The van der Waals surface area contributed by atoms with Crippen molar-refractivity contribution < 1.29 is 12.9 Å². The van der Waals surface area contributed by atoms with Crippen LogP contribution in [-0.2, 0) is 23.0 Å². The lowest BCUT2D eigenvalue weighted by Gasteiger charge is -2.46. The van der Waals surface area contributed by atoms with Crippen LogP contribution >= 0.6 is 0 Å². The van der Waals surface area contributed by atoms with Crippen LogP contribution in [0, 0.1) is 0 Å². The minimum atomic E-state index is -3.53. The Bertz CT molecular complexity index is 1100. The molecule has 3 heterocycles. The van der Waals surface area contributed by atoms with E-state index in [0.717, 1.165) is 73.1 Å². The van der Waals surface area contributed by atoms with E-state index in [4.69, 9.17) is 0 Å². The first kappa shape index (κ1) is 19.3. The second-order valence-corrected chi connectivity index (χ2v) is 11.6. The van der Waals surface area contributed by atoms with Crippen molar-refractivity contribution in [3.63, 3.8) is 0 Å². The number of hydrogen-bond donors (Lipinski definition) is 0. The predicted octanol–water partition coefficient (Wildman–Crippen LogP) is 3.36. The number of rotatable bonds is 2. The van der Waals surface area contributed by atoms with Gasteiger partial charge in [0.2, 0.25) is 0 Å². The average molecular weight is 415 g/mol. The van der Waals surface area contributed by atoms with Crippen LogP contribution in [0.15, 0.2) is 29.2 Å². The summed E-state index contributed by atoms with van der Waals surface area (Å²) in [6, 6.07) is 8.19. The highest BCUT2D eigenvalue weighted by Crippen LogP contribution is 2.49. The van der Waals surface area contributed by atoms with Crippen LogP contribution in [0.25, 0.3) is 10.8 Å². The molecule has 0 saturated carbocycles. The molecule has 3 aliphatic rings. The smallest absolute Gasteiger partial charge is 0.265 e. The van der Waals surface area contributed by atoms with Crippen molar-refractivity contribution >= 4 is 26.5 Å². The number of benzene rings is 2. The van der Waals surface area contributed by atoms with E-state index in [1.54, 1.807) is 4.31 Å². The molecule has 3 aliphatic heterocycles. The third kappa shape index (κ3) is 2.69. The maximum absolute atomic E-state index is 13.7. The summed E-state index contributed by atoms with van der Waals surface area (Å²) in [5.74, 6) is 0. The molecule has 0 amide bonds. The van der Waals surface area contributed by atoms with Gasteiger partial charge in [-0.15, -0.1) is 0 Å². The van der Waals surface area contributed by atoms with Gasteiger partial charge in [-0.1, -0.05) is 19.1 Å². The van der Waals surface area contributed by atoms with Gasteiger partial charge >= 0.3 is 0 Å². The standard InChI is InChI=1S/C23H32N3O2S/c1-5-23(2,3)25-20-8-6-7-19-18-9-12-26(13-10-24(4)11-14-26)16-17(18)15-21(22(19)20)29(25,27)28/h6-8,15H,5,9-14,16H2,1-4H3/q+1. The van der Waals surface area contributed by atoms with Gasteiger partial charge in [0.15, 0.2) is 0 Å². The first-order valence-corrected chi connectivity index (χ1v) is 12.3. The summed E-state index contributed by atoms with van der Waals surface area (Å²) in [5.41, 5.74) is 3.04. The molecule has 6 heteroatoms. The van der Waals surface area contributed by atoms with Crippen LogP contribution in [-0.4, -0.2) is 63.1 Å². The van der Waals surface area contributed by atoms with Gasteiger partial charge in [0.05, 0.1) is 35.8 Å². The molecular weight excluding hydrogens is 382 g/mol. The van der Waals surface area contributed by atoms with Gasteiger partial charge < -0.3 is 4.48 Å². The van der Waals surface area contributed by atoms with Crippen molar-refractivity contribution in [2.45, 2.75) is 50.6 Å². The first-order valence-electron chi connectivity index (χ1n) is 10.9. The lowest BCUT2D eigenvalue weighted by Crippen LogP contribution is -2.60. The number of quaternary nitrogens is 1. The second-order valence-electron chi connectivity index (χ2n) is 9.87. The van der Waals surface area contributed by atoms with Crippen LogP contribution in [0.4, 0.5) is 5.69 Å². The van der Waals surface area contributed by atoms with Crippen LogP contribution in [0.3, 0.4) is 0 Å². The van der Waals surface area contributed by atoms with Gasteiger partial charge in [0.1, 0.15) is 6.54 Å². The number of fused-ring (bicyclic) bond motifs is 2. The number of anilines is 1. The van der Waals surface area contributed by atoms with Gasteiger partial charge in [-0.25, -0.2) is 8.42 Å². The second kappa shape index (κ2) is 6.19. The molecule has 0 aromatic heterocycles. The van der Waals surface area contributed by atoms with E-state index in [2.05, 4.69) is 24.9 Å². The summed E-state index contributed by atoms with van der Waals surface area (Å²) in [7, 11) is -1.34. The number of piperazine rings is 1. The van der Waals surface area contributed by atoms with Crippen LogP contribution in [0.2, 0.25) is 0 Å². The maximum atomic E-state index is 13.7. The highest BCUT2D eigenvalue weighted by Gasteiger charge is 2.45. The predicted molar refractivity (Wildman–Crippen MR) is 118 cm³/mol. The molecular formula is C23H32N3O2S+. The van der Waals surface area contributed by atoms with E-state index in [9.17, 15) is 8.42 Å². The van der Waals surface area contributed by atoms with Gasteiger partial charge in [0.25, 0.3) is 10.0 Å². The number of likely N-dealkylation sites (N-methyl/N-ethyl adjacent to an activating group) is 1. The van der Waals surface area contributed by atoms with Crippen molar-refractivity contribution in [3.05, 3.63) is 35.4 Å². The Morgan fingerprint density at radius 1 is 1.14 bits per heavy atom. The summed E-state index contributed by atoms with van der Waals surface area (Å²) in [6.07, 6.45) is 1.81. The highest BCUT2D eigenvalue weighted by atomic mass is 32.2. The van der Waals surface area contributed by atoms with Crippen LogP contribution in [0.5, 0.6) is 0 Å². The van der Waals surface area contributed by atoms with E-state index in [-0.39, 0.29) is 0 Å². The maximum Gasteiger partial charge on any atom is 0.265 e. The SMILES string of the molecule is CCC(C)(C)N1c2cccc3c4c(cc(c23)S1(=O)=O)C[N+]1(CC4)CCN(C)CC1. The zero-order valence-electron chi connectivity index (χ0n) is 18.0. The minimum absolute atomic E-state index is 0.447. The summed E-state index contributed by atoms with van der Waals surface area (Å²) < 4.78 is 30.1. The monoisotopic (exact) mass is 414 g/mol. The van der Waals surface area contributed by atoms with E-state index in [0.29, 0.717) is 4.90 Å². The molecule has 29 heavy (non-hydrogen) atoms. The lowest BCUT2D eigenvalue weighted by molar-refractivity contribution is -0.946. The van der Waals surface area contributed by atoms with Gasteiger partial charge in [-0.3, -0.25) is 9.21 Å². The molecule has 0 bridgehead atoms. The normalized spacial score (nSPS) is 23.0. The molecule has 1 fully saturated rings. The molecule has 2 aromatic rings. The highest BCUT2D eigenvalue weighted by molar-refractivity contribution is 7.93. The first-order chi connectivity index (χ1) is 13.7. The Morgan fingerprint density at radius 2 is 1.86 bits per heavy atom. The van der Waals surface area contributed by atoms with Crippen LogP contribution in [0.1, 0.15) is 38.3 Å². The Hall–Kier alpha value is -1.63. The zero-order chi connectivity index (χ0) is 20.6. The Kier molecular flexibility index (Phi) is 4.13. The molecule has 5 rings (SSSR count). The molecule has 0 atom stereocenters. The molecule has 1 saturated heterocycles. The Balaban J connectivity index is 1.69. The fourth-order valence-corrected chi connectivity index (χ4v) is 7.68. The van der Waals surface area contributed by atoms with Gasteiger partial charge in [0, 0.05) is 30.5 Å². The molecule has 0 unspecified atom stereocenters. The van der Waals surface area contributed by atoms with E-state index in [1.165, 1.54) is 11.1 Å².